The van der Waals surface area contributed by atoms with Crippen LogP contribution in [-0.2, 0) is 44.9 Å². The van der Waals surface area contributed by atoms with E-state index < -0.39 is 53.8 Å². The summed E-state index contributed by atoms with van der Waals surface area (Å²) in [6, 6.07) is 20.1. The number of nitrogens with zero attached hydrogens (tertiary/aromatic N) is 5. The molecule has 3 atom stereocenters. The molecule has 28 heteroatoms. The van der Waals surface area contributed by atoms with Gasteiger partial charge in [-0.3, -0.25) is 68.3 Å². The van der Waals surface area contributed by atoms with E-state index in [0.29, 0.717) is 88.2 Å². The lowest BCUT2D eigenvalue weighted by Crippen LogP contribution is -2.49. The van der Waals surface area contributed by atoms with E-state index in [2.05, 4.69) is 42.2 Å². The molecule has 0 aliphatic carbocycles. The van der Waals surface area contributed by atoms with Gasteiger partial charge in [0.15, 0.2) is 5.96 Å². The molecule has 0 bridgehead atoms. The van der Waals surface area contributed by atoms with Crippen LogP contribution in [0.5, 0.6) is 11.5 Å². The van der Waals surface area contributed by atoms with Gasteiger partial charge in [0.25, 0.3) is 0 Å². The number of hydrogen-bond acceptors (Lipinski definition) is 17. The summed E-state index contributed by atoms with van der Waals surface area (Å²) in [5.74, 6) is -5.21. The first-order chi connectivity index (χ1) is 41.8. The second-order valence-electron chi connectivity index (χ2n) is 20.9. The van der Waals surface area contributed by atoms with Gasteiger partial charge in [-0.25, -0.2) is 4.79 Å². The Morgan fingerprint density at radius 3 is 1.72 bits per heavy atom. The number of guanidine groups is 1. The van der Waals surface area contributed by atoms with Crippen molar-refractivity contribution in [3.8, 4) is 11.5 Å². The van der Waals surface area contributed by atoms with Crippen LogP contribution in [-0.4, -0.2) is 229 Å². The number of unbranched alkanes of at least 4 members (excludes halogenated alkanes) is 2. The van der Waals surface area contributed by atoms with Crippen molar-refractivity contribution >= 4 is 59.4 Å². The molecule has 28 nitrogen and oxygen atoms in total. The third kappa shape index (κ3) is 30.0. The molecule has 7 amide bonds. The number of aliphatic imine (C=N–C) groups is 1. The van der Waals surface area contributed by atoms with Crippen LogP contribution in [0.25, 0.3) is 0 Å². The summed E-state index contributed by atoms with van der Waals surface area (Å²) in [6.07, 6.45) is 3.40. The second-order valence-corrected chi connectivity index (χ2v) is 20.9. The standard InChI is InChI=1S/C59H88N14O14/c1-2-49(75)63-25-26-66-59(86)69-58(61)65-24-11-17-48(56(84)67-37-42-18-20-45(74)21-19-42)68-57(85)54(43-12-4-3-5-13-43)44-14-10-15-46(36-44)87-35-9-8-23-64-55(83)47(60)16-6-7-22-62-50(76)38-70-27-29-71(39-51(77)78)31-33-73(41-53(81)82)34-32-72(30-28-70)40-52(79)80/h3-5,10,12-15,18-21,36,47-48,54,74H,2,6-9,11,16-17,22-35,37-41,60H2,1H3,(H,62,76)(H,63,75)(H,64,83)(H,67,84)(H,68,85)(H,77,78)(H,79,80)(H,81,82)(H4,61,65,66,69,86)/t47-,48-,54?/m1/s1. The van der Waals surface area contributed by atoms with Gasteiger partial charge in [-0.05, 0) is 85.9 Å². The van der Waals surface area contributed by atoms with Crippen LogP contribution in [0, 0.1) is 0 Å². The highest BCUT2D eigenvalue weighted by Crippen LogP contribution is 2.28. The van der Waals surface area contributed by atoms with Crippen LogP contribution in [0.4, 0.5) is 4.79 Å². The molecule has 1 aliphatic heterocycles. The van der Waals surface area contributed by atoms with E-state index in [-0.39, 0.29) is 134 Å². The maximum Gasteiger partial charge on any atom is 0.321 e. The van der Waals surface area contributed by atoms with Crippen molar-refractivity contribution < 1.29 is 68.3 Å². The Morgan fingerprint density at radius 1 is 0.575 bits per heavy atom. The lowest BCUT2D eigenvalue weighted by molar-refractivity contribution is -0.140. The van der Waals surface area contributed by atoms with Gasteiger partial charge < -0.3 is 68.5 Å². The largest absolute Gasteiger partial charge is 0.508 e. The Hall–Kier alpha value is -8.44. The third-order valence-corrected chi connectivity index (χ3v) is 14.0. The summed E-state index contributed by atoms with van der Waals surface area (Å²) >= 11 is 0. The maximum atomic E-state index is 14.5. The van der Waals surface area contributed by atoms with E-state index >= 15 is 0 Å². The molecule has 3 aromatic rings. The molecule has 0 radical (unpaired) electrons. The Kier molecular flexibility index (Phi) is 32.7. The molecule has 1 unspecified atom stereocenters. The van der Waals surface area contributed by atoms with E-state index in [0.717, 1.165) is 5.56 Å². The van der Waals surface area contributed by atoms with E-state index in [1.807, 2.05) is 35.2 Å². The Labute approximate surface area is 507 Å². The van der Waals surface area contributed by atoms with Gasteiger partial charge in [0.05, 0.1) is 44.7 Å². The minimum atomic E-state index is -1.05. The number of rotatable bonds is 35. The van der Waals surface area contributed by atoms with E-state index in [1.54, 1.807) is 58.0 Å². The molecule has 0 spiro atoms. The molecule has 1 heterocycles. The van der Waals surface area contributed by atoms with Gasteiger partial charge in [0.2, 0.25) is 29.5 Å². The average molecular weight is 1220 g/mol. The molecule has 87 heavy (non-hydrogen) atoms. The van der Waals surface area contributed by atoms with Crippen LogP contribution in [0.3, 0.4) is 0 Å². The lowest BCUT2D eigenvalue weighted by Gasteiger charge is -2.32. The van der Waals surface area contributed by atoms with Gasteiger partial charge in [-0.15, -0.1) is 0 Å². The smallest absolute Gasteiger partial charge is 0.321 e. The molecule has 0 aromatic heterocycles. The van der Waals surface area contributed by atoms with Crippen LogP contribution < -0.4 is 53.4 Å². The van der Waals surface area contributed by atoms with Crippen LogP contribution in [0.15, 0.2) is 83.9 Å². The van der Waals surface area contributed by atoms with Gasteiger partial charge in [-0.1, -0.05) is 61.5 Å². The quantitative estimate of drug-likeness (QED) is 0.0203. The molecule has 1 saturated heterocycles. The fraction of sp³-hybridized carbons (Fsp3) is 0.525. The fourth-order valence-corrected chi connectivity index (χ4v) is 9.22. The summed E-state index contributed by atoms with van der Waals surface area (Å²) in [7, 11) is 0. The summed E-state index contributed by atoms with van der Waals surface area (Å²) in [5, 5.41) is 57.4. The zero-order chi connectivity index (χ0) is 63.3. The number of hydrogen-bond donors (Lipinski definition) is 13. The first kappa shape index (κ1) is 71.0. The Morgan fingerprint density at radius 2 is 1.13 bits per heavy atom. The number of aliphatic carboxylic acids is 3. The number of benzene rings is 3. The maximum absolute atomic E-state index is 14.5. The van der Waals surface area contributed by atoms with Crippen molar-refractivity contribution in [2.75, 3.05) is 118 Å². The zero-order valence-corrected chi connectivity index (χ0v) is 49.6. The van der Waals surface area contributed by atoms with Crippen LogP contribution in [0.2, 0.25) is 0 Å². The summed E-state index contributed by atoms with van der Waals surface area (Å²) in [4.78, 5) is 124. The van der Waals surface area contributed by atoms with Crippen molar-refractivity contribution in [2.45, 2.75) is 82.8 Å². The average Bonchev–Trinajstić information content (AvgIpc) is 3.05. The lowest BCUT2D eigenvalue weighted by atomic mass is 9.90. The topological polar surface area (TPSA) is 405 Å². The number of nitrogens with one attached hydrogen (secondary N) is 7. The first-order valence-corrected chi connectivity index (χ1v) is 29.4. The number of carboxylic acid groups (broad SMARTS) is 3. The molecule has 4 rings (SSSR count). The third-order valence-electron chi connectivity index (χ3n) is 14.0. The number of phenolic OH excluding ortho intramolecular Hbond substituents is 1. The molecule has 1 aliphatic rings. The van der Waals surface area contributed by atoms with Crippen molar-refractivity contribution in [3.05, 3.63) is 95.6 Å². The molecule has 478 valence electrons. The number of carbonyl (C=O) groups excluding carboxylic acids is 6. The predicted molar refractivity (Wildman–Crippen MR) is 323 cm³/mol. The number of amides is 7. The first-order valence-electron chi connectivity index (χ1n) is 29.4. The van der Waals surface area contributed by atoms with Crippen molar-refractivity contribution in [1.82, 2.24) is 56.8 Å². The van der Waals surface area contributed by atoms with E-state index in [1.165, 1.54) is 12.1 Å². The number of urea groups is 1. The molecular weight excluding hydrogens is 1130 g/mol. The number of carbonyl (C=O) groups is 9. The minimum absolute atomic E-state index is 0.0121. The minimum Gasteiger partial charge on any atom is -0.508 e. The van der Waals surface area contributed by atoms with Gasteiger partial charge in [0.1, 0.15) is 17.5 Å². The number of carboxylic acids is 3. The number of ether oxygens (including phenoxy) is 1. The predicted octanol–water partition coefficient (Wildman–Crippen LogP) is -0.390. The number of nitrogens with two attached hydrogens (primary N) is 2. The molecule has 1 fully saturated rings. The molecular formula is C59H88N14O14. The van der Waals surface area contributed by atoms with Crippen molar-refractivity contribution in [1.29, 1.82) is 0 Å². The zero-order valence-electron chi connectivity index (χ0n) is 49.6. The number of aromatic hydroxyl groups is 1. The monoisotopic (exact) mass is 1220 g/mol. The fourth-order valence-electron chi connectivity index (χ4n) is 9.22. The summed E-state index contributed by atoms with van der Waals surface area (Å²) in [5.41, 5.74) is 14.1. The van der Waals surface area contributed by atoms with E-state index in [4.69, 9.17) is 16.2 Å². The Bertz CT molecular complexity index is 2660. The highest BCUT2D eigenvalue weighted by Gasteiger charge is 2.29. The molecule has 0 saturated carbocycles. The highest BCUT2D eigenvalue weighted by molar-refractivity contribution is 5.95. The van der Waals surface area contributed by atoms with Crippen LogP contribution >= 0.6 is 0 Å². The van der Waals surface area contributed by atoms with E-state index in [9.17, 15) is 63.6 Å². The van der Waals surface area contributed by atoms with Crippen molar-refractivity contribution in [2.24, 2.45) is 16.5 Å². The van der Waals surface area contributed by atoms with Crippen LogP contribution in [0.1, 0.15) is 80.9 Å². The summed E-state index contributed by atoms with van der Waals surface area (Å²) in [6.45, 7) is 4.78. The van der Waals surface area contributed by atoms with Gasteiger partial charge in [-0.2, -0.15) is 0 Å². The van der Waals surface area contributed by atoms with Crippen molar-refractivity contribution in [3.63, 3.8) is 0 Å². The molecule has 3 aromatic carbocycles. The van der Waals surface area contributed by atoms with Gasteiger partial charge >= 0.3 is 23.9 Å². The summed E-state index contributed by atoms with van der Waals surface area (Å²) < 4.78 is 6.12. The molecule has 15 N–H and O–H groups in total. The Balaban J connectivity index is 1.23. The highest BCUT2D eigenvalue weighted by atomic mass is 16.5. The normalized spacial score (nSPS) is 15.0. The second kappa shape index (κ2) is 40.0. The number of phenols is 1. The van der Waals surface area contributed by atoms with Gasteiger partial charge in [0, 0.05) is 98.0 Å². The SMILES string of the molecule is CCC(=O)NCCNC(=O)NC(N)=NCCC[C@@H](NC(=O)C(c1ccccc1)c1cccc(OCCCCNC(=O)[C@H](N)CCCCNC(=O)CN2CCN(CC(=O)O)CCN(CC(=O)O)CCN(CC(=O)O)CC2)c1)C(=O)NCc1ccc(O)cc1.